The van der Waals surface area contributed by atoms with Crippen LogP contribution in [-0.2, 0) is 29.7 Å². The first-order chi connectivity index (χ1) is 17.4. The Labute approximate surface area is 210 Å². The monoisotopic (exact) mass is 498 g/mol. The molecule has 0 spiro atoms. The van der Waals surface area contributed by atoms with Crippen LogP contribution in [0.3, 0.4) is 0 Å². The summed E-state index contributed by atoms with van der Waals surface area (Å²) in [4.78, 5) is 29.5. The first-order valence-electron chi connectivity index (χ1n) is 11.9. The van der Waals surface area contributed by atoms with Gasteiger partial charge in [-0.1, -0.05) is 30.3 Å². The zero-order valence-electron chi connectivity index (χ0n) is 20.6. The third kappa shape index (κ3) is 7.91. The van der Waals surface area contributed by atoms with Gasteiger partial charge < -0.3 is 24.4 Å². The van der Waals surface area contributed by atoms with Crippen LogP contribution in [0, 0.1) is 11.6 Å². The molecule has 0 radical (unpaired) electrons. The summed E-state index contributed by atoms with van der Waals surface area (Å²) in [6, 6.07) is 15.7. The zero-order chi connectivity index (χ0) is 25.9. The summed E-state index contributed by atoms with van der Waals surface area (Å²) in [5, 5.41) is 2.46. The number of halogens is 2. The molecule has 0 aliphatic rings. The predicted molar refractivity (Wildman–Crippen MR) is 134 cm³/mol. The first kappa shape index (κ1) is 26.9. The molecule has 0 aliphatic carbocycles. The van der Waals surface area contributed by atoms with Crippen molar-refractivity contribution in [3.8, 4) is 0 Å². The molecule has 192 valence electrons. The molecule has 0 atom stereocenters. The number of hydrogen-bond donors (Lipinski definition) is 1. The smallest absolute Gasteiger partial charge is 0.322 e. The highest BCUT2D eigenvalue weighted by molar-refractivity contribution is 5.92. The number of benzene rings is 2. The van der Waals surface area contributed by atoms with Gasteiger partial charge in [0.05, 0.1) is 12.2 Å². The molecule has 0 bridgehead atoms. The van der Waals surface area contributed by atoms with Crippen LogP contribution in [0.1, 0.15) is 24.6 Å². The molecule has 9 heteroatoms. The van der Waals surface area contributed by atoms with Crippen LogP contribution in [-0.4, -0.2) is 52.6 Å². The number of nitrogens with zero attached hydrogens (tertiary/aromatic N) is 3. The average molecular weight is 499 g/mol. The topological polar surface area (TPSA) is 66.8 Å². The average Bonchev–Trinajstić information content (AvgIpc) is 3.27. The Hall–Kier alpha value is -3.72. The van der Waals surface area contributed by atoms with Gasteiger partial charge in [-0.15, -0.1) is 0 Å². The first-order valence-corrected chi connectivity index (χ1v) is 11.9. The normalized spacial score (nSPS) is 10.8. The molecule has 1 N–H and O–H groups in total. The number of urea groups is 1. The van der Waals surface area contributed by atoms with Gasteiger partial charge >= 0.3 is 6.03 Å². The second-order valence-corrected chi connectivity index (χ2v) is 8.37. The van der Waals surface area contributed by atoms with Gasteiger partial charge in [-0.25, -0.2) is 13.6 Å². The summed E-state index contributed by atoms with van der Waals surface area (Å²) in [7, 11) is 1.91. The Morgan fingerprint density at radius 1 is 1.00 bits per heavy atom. The van der Waals surface area contributed by atoms with Gasteiger partial charge in [0.1, 0.15) is 18.2 Å². The molecule has 2 aromatic carbocycles. The van der Waals surface area contributed by atoms with Crippen molar-refractivity contribution in [2.45, 2.75) is 26.4 Å². The van der Waals surface area contributed by atoms with Crippen molar-refractivity contribution in [2.75, 3.05) is 31.6 Å². The van der Waals surface area contributed by atoms with Crippen molar-refractivity contribution in [1.29, 1.82) is 0 Å². The number of aryl methyl sites for hydroxylation is 1. The van der Waals surface area contributed by atoms with Crippen LogP contribution in [0.2, 0.25) is 0 Å². The van der Waals surface area contributed by atoms with E-state index in [9.17, 15) is 18.4 Å². The highest BCUT2D eigenvalue weighted by Crippen LogP contribution is 2.16. The Morgan fingerprint density at radius 2 is 1.78 bits per heavy atom. The SMILES string of the molecule is CCOCCCN(CC(=O)N(Cc1ccccc1)Cc1cccn1C)C(=O)Nc1ccc(F)cc1F. The van der Waals surface area contributed by atoms with E-state index in [0.717, 1.165) is 23.4 Å². The van der Waals surface area contributed by atoms with Gasteiger partial charge in [0.2, 0.25) is 5.91 Å². The van der Waals surface area contributed by atoms with E-state index in [-0.39, 0.29) is 24.7 Å². The van der Waals surface area contributed by atoms with Crippen LogP contribution in [0.25, 0.3) is 0 Å². The molecule has 36 heavy (non-hydrogen) atoms. The lowest BCUT2D eigenvalue weighted by Gasteiger charge is -2.28. The van der Waals surface area contributed by atoms with E-state index in [1.807, 2.05) is 67.2 Å². The zero-order valence-corrected chi connectivity index (χ0v) is 20.6. The summed E-state index contributed by atoms with van der Waals surface area (Å²) in [6.45, 7) is 3.56. The van der Waals surface area contributed by atoms with E-state index in [1.54, 1.807) is 4.90 Å². The molecule has 3 aromatic rings. The lowest BCUT2D eigenvalue weighted by Crippen LogP contribution is -2.45. The third-order valence-corrected chi connectivity index (χ3v) is 5.68. The summed E-state index contributed by atoms with van der Waals surface area (Å²) in [5.41, 5.74) is 1.74. The number of ether oxygens (including phenoxy) is 1. The maximum Gasteiger partial charge on any atom is 0.322 e. The number of carbonyl (C=O) groups is 2. The molecule has 3 amide bonds. The van der Waals surface area contributed by atoms with E-state index >= 15 is 0 Å². The van der Waals surface area contributed by atoms with Crippen LogP contribution < -0.4 is 5.32 Å². The summed E-state index contributed by atoms with van der Waals surface area (Å²) in [6.07, 6.45) is 2.40. The maximum absolute atomic E-state index is 14.1. The predicted octanol–water partition coefficient (Wildman–Crippen LogP) is 4.79. The number of rotatable bonds is 12. The molecular weight excluding hydrogens is 466 g/mol. The number of nitrogens with one attached hydrogen (secondary N) is 1. The molecule has 1 aromatic heterocycles. The van der Waals surface area contributed by atoms with Crippen LogP contribution in [0.5, 0.6) is 0 Å². The Kier molecular flexibility index (Phi) is 10.00. The summed E-state index contributed by atoms with van der Waals surface area (Å²) >= 11 is 0. The number of hydrogen-bond acceptors (Lipinski definition) is 3. The molecule has 7 nitrogen and oxygen atoms in total. The Bertz CT molecular complexity index is 1140. The molecule has 0 saturated heterocycles. The van der Waals surface area contributed by atoms with Crippen molar-refractivity contribution in [2.24, 2.45) is 7.05 Å². The van der Waals surface area contributed by atoms with E-state index in [1.165, 1.54) is 4.90 Å². The highest BCUT2D eigenvalue weighted by atomic mass is 19.1. The van der Waals surface area contributed by atoms with Crippen molar-refractivity contribution in [3.05, 3.63) is 89.8 Å². The summed E-state index contributed by atoms with van der Waals surface area (Å²) in [5.74, 6) is -1.89. The number of amides is 3. The van der Waals surface area contributed by atoms with Gasteiger partial charge in [0.15, 0.2) is 0 Å². The molecule has 0 unspecified atom stereocenters. The largest absolute Gasteiger partial charge is 0.382 e. The van der Waals surface area contributed by atoms with Gasteiger partial charge in [-0.2, -0.15) is 0 Å². The van der Waals surface area contributed by atoms with E-state index in [4.69, 9.17) is 4.74 Å². The minimum Gasteiger partial charge on any atom is -0.382 e. The molecule has 3 rings (SSSR count). The van der Waals surface area contributed by atoms with Crippen molar-refractivity contribution >= 4 is 17.6 Å². The Morgan fingerprint density at radius 3 is 2.44 bits per heavy atom. The second-order valence-electron chi connectivity index (χ2n) is 8.37. The highest BCUT2D eigenvalue weighted by Gasteiger charge is 2.23. The van der Waals surface area contributed by atoms with E-state index in [2.05, 4.69) is 5.32 Å². The van der Waals surface area contributed by atoms with E-state index < -0.39 is 17.7 Å². The standard InChI is InChI=1S/C27H32F2N4O3/c1-3-36-16-8-15-32(27(35)30-25-13-12-22(28)17-24(25)29)20-26(34)33(18-21-9-5-4-6-10-21)19-23-11-7-14-31(23)2/h4-7,9-14,17H,3,8,15-16,18-20H2,1-2H3,(H,30,35). The quantitative estimate of drug-likeness (QED) is 0.365. The van der Waals surface area contributed by atoms with Crippen LogP contribution in [0.15, 0.2) is 66.9 Å². The maximum atomic E-state index is 14.1. The van der Waals surface area contributed by atoms with Gasteiger partial charge in [-0.3, -0.25) is 4.79 Å². The number of anilines is 1. The lowest BCUT2D eigenvalue weighted by molar-refractivity contribution is -0.133. The van der Waals surface area contributed by atoms with Crippen LogP contribution >= 0.6 is 0 Å². The van der Waals surface area contributed by atoms with Crippen LogP contribution in [0.4, 0.5) is 19.3 Å². The second kappa shape index (κ2) is 13.4. The Balaban J connectivity index is 1.77. The third-order valence-electron chi connectivity index (χ3n) is 5.68. The molecule has 0 fully saturated rings. The molecule has 0 saturated carbocycles. The van der Waals surface area contributed by atoms with Crippen molar-refractivity contribution in [1.82, 2.24) is 14.4 Å². The minimum absolute atomic E-state index is 0.159. The number of carbonyl (C=O) groups excluding carboxylic acids is 2. The van der Waals surface area contributed by atoms with E-state index in [0.29, 0.717) is 38.8 Å². The molecule has 1 heterocycles. The fraction of sp³-hybridized carbons (Fsp3) is 0.333. The minimum atomic E-state index is -0.890. The van der Waals surface area contributed by atoms with Gasteiger partial charge in [0, 0.05) is 51.3 Å². The van der Waals surface area contributed by atoms with Crippen molar-refractivity contribution in [3.63, 3.8) is 0 Å². The number of aromatic nitrogens is 1. The van der Waals surface area contributed by atoms with Gasteiger partial charge in [0.25, 0.3) is 0 Å². The lowest BCUT2D eigenvalue weighted by atomic mass is 10.2. The summed E-state index contributed by atoms with van der Waals surface area (Å²) < 4.78 is 34.7. The fourth-order valence-corrected chi connectivity index (χ4v) is 3.69. The van der Waals surface area contributed by atoms with Gasteiger partial charge in [-0.05, 0) is 43.2 Å². The molecule has 0 aliphatic heterocycles. The fourth-order valence-electron chi connectivity index (χ4n) is 3.69. The van der Waals surface area contributed by atoms with Crippen molar-refractivity contribution < 1.29 is 23.1 Å². The molecular formula is C27H32F2N4O3.